The average Bonchev–Trinajstić information content (AvgIpc) is 3.34. The number of nitrogens with one attached hydrogen (secondary N) is 1. The number of halogens is 1. The zero-order valence-electron chi connectivity index (χ0n) is 17.8. The summed E-state index contributed by atoms with van der Waals surface area (Å²) in [6.07, 6.45) is 6.49. The van der Waals surface area contributed by atoms with E-state index in [2.05, 4.69) is 50.4 Å². The van der Waals surface area contributed by atoms with E-state index in [-0.39, 0.29) is 11.3 Å². The minimum atomic E-state index is -3.07. The molecule has 10 heteroatoms. The van der Waals surface area contributed by atoms with Crippen LogP contribution in [0.1, 0.15) is 24.1 Å². The number of hydrogen-bond acceptors (Lipinski definition) is 7. The monoisotopic (exact) mass is 514 g/mol. The molecule has 4 aromatic rings. The molecule has 1 saturated carbocycles. The van der Waals surface area contributed by atoms with Crippen LogP contribution >= 0.6 is 15.9 Å². The molecular weight excluding hydrogens is 492 g/mol. The molecule has 1 fully saturated rings. The first kappa shape index (κ1) is 21.3. The Hall–Kier alpha value is -2.56. The lowest BCUT2D eigenvalue weighted by Gasteiger charge is -2.17. The number of benzene rings is 1. The Morgan fingerprint density at radius 3 is 2.75 bits per heavy atom. The molecule has 5 rings (SSSR count). The fourth-order valence-corrected chi connectivity index (χ4v) is 5.85. The molecule has 1 aromatic carbocycles. The van der Waals surface area contributed by atoms with Crippen LogP contribution in [0.5, 0.6) is 0 Å². The largest absolute Gasteiger partial charge is 0.383 e. The molecule has 0 amide bonds. The van der Waals surface area contributed by atoms with Crippen molar-refractivity contribution < 1.29 is 8.42 Å². The van der Waals surface area contributed by atoms with Crippen LogP contribution in [0.4, 0.5) is 5.82 Å². The van der Waals surface area contributed by atoms with E-state index < -0.39 is 9.84 Å². The van der Waals surface area contributed by atoms with Crippen molar-refractivity contribution in [2.24, 2.45) is 0 Å². The summed E-state index contributed by atoms with van der Waals surface area (Å²) in [6, 6.07) is 8.23. The molecule has 0 saturated heterocycles. The summed E-state index contributed by atoms with van der Waals surface area (Å²) < 4.78 is 25.8. The normalized spacial score (nSPS) is 15.5. The Kier molecular flexibility index (Phi) is 4.99. The van der Waals surface area contributed by atoms with Gasteiger partial charge in [-0.1, -0.05) is 11.6 Å². The zero-order valence-corrected chi connectivity index (χ0v) is 20.2. The topological polar surface area (TPSA) is 115 Å². The summed E-state index contributed by atoms with van der Waals surface area (Å²) in [5, 5.41) is 8.87. The molecule has 0 aliphatic heterocycles. The van der Waals surface area contributed by atoms with Gasteiger partial charge in [-0.25, -0.2) is 13.4 Å². The van der Waals surface area contributed by atoms with E-state index in [0.717, 1.165) is 34.9 Å². The lowest BCUT2D eigenvalue weighted by molar-refractivity contribution is 0.519. The van der Waals surface area contributed by atoms with E-state index in [1.165, 1.54) is 11.8 Å². The van der Waals surface area contributed by atoms with Crippen LogP contribution in [-0.4, -0.2) is 45.5 Å². The molecule has 1 aliphatic rings. The van der Waals surface area contributed by atoms with Crippen molar-refractivity contribution in [3.05, 3.63) is 52.4 Å². The SMILES string of the molecule is Cc1ccc2ncc(-c3cnn4c(N)c(Br)c(CNC5(CS(C)(=O)=O)CC5)nc34)cc2c1. The number of aromatic nitrogens is 4. The van der Waals surface area contributed by atoms with Gasteiger partial charge >= 0.3 is 0 Å². The molecule has 3 heterocycles. The lowest BCUT2D eigenvalue weighted by Crippen LogP contribution is -2.37. The minimum Gasteiger partial charge on any atom is -0.383 e. The first-order chi connectivity index (χ1) is 15.1. The van der Waals surface area contributed by atoms with E-state index in [1.54, 1.807) is 10.7 Å². The summed E-state index contributed by atoms with van der Waals surface area (Å²) in [7, 11) is -3.07. The third kappa shape index (κ3) is 3.98. The molecule has 0 bridgehead atoms. The van der Waals surface area contributed by atoms with Crippen LogP contribution in [0.3, 0.4) is 0 Å². The summed E-state index contributed by atoms with van der Waals surface area (Å²) in [4.78, 5) is 9.41. The smallest absolute Gasteiger partial charge is 0.165 e. The summed E-state index contributed by atoms with van der Waals surface area (Å²) in [5.41, 5.74) is 11.1. The van der Waals surface area contributed by atoms with Gasteiger partial charge in [0.25, 0.3) is 0 Å². The molecule has 3 N–H and O–H groups in total. The number of pyridine rings is 1. The van der Waals surface area contributed by atoms with Crippen LogP contribution in [0.15, 0.2) is 41.1 Å². The maximum Gasteiger partial charge on any atom is 0.165 e. The van der Waals surface area contributed by atoms with Crippen LogP contribution < -0.4 is 11.1 Å². The highest BCUT2D eigenvalue weighted by molar-refractivity contribution is 9.10. The van der Waals surface area contributed by atoms with Crippen molar-refractivity contribution in [3.8, 4) is 11.1 Å². The third-order valence-corrected chi connectivity index (χ3v) is 7.80. The number of fused-ring (bicyclic) bond motifs is 2. The summed E-state index contributed by atoms with van der Waals surface area (Å²) in [6.45, 7) is 2.45. The second kappa shape index (κ2) is 7.50. The van der Waals surface area contributed by atoms with Gasteiger partial charge in [0.15, 0.2) is 5.65 Å². The fourth-order valence-electron chi connectivity index (χ4n) is 4.06. The first-order valence-electron chi connectivity index (χ1n) is 10.3. The van der Waals surface area contributed by atoms with Gasteiger partial charge in [0, 0.05) is 41.0 Å². The van der Waals surface area contributed by atoms with Crippen LogP contribution in [-0.2, 0) is 16.4 Å². The number of anilines is 1. The molecule has 8 nitrogen and oxygen atoms in total. The van der Waals surface area contributed by atoms with Crippen molar-refractivity contribution in [2.45, 2.75) is 31.8 Å². The number of nitrogens with zero attached hydrogens (tertiary/aromatic N) is 4. The number of nitrogen functional groups attached to an aromatic ring is 1. The molecule has 1 aliphatic carbocycles. The number of sulfone groups is 1. The van der Waals surface area contributed by atoms with Crippen molar-refractivity contribution >= 4 is 48.1 Å². The van der Waals surface area contributed by atoms with Crippen molar-refractivity contribution in [3.63, 3.8) is 0 Å². The lowest BCUT2D eigenvalue weighted by atomic mass is 10.1. The Morgan fingerprint density at radius 1 is 1.25 bits per heavy atom. The van der Waals surface area contributed by atoms with E-state index in [1.807, 2.05) is 18.3 Å². The third-order valence-electron chi connectivity index (χ3n) is 5.86. The van der Waals surface area contributed by atoms with Crippen LogP contribution in [0.25, 0.3) is 27.7 Å². The number of nitrogens with two attached hydrogens (primary N) is 1. The standard InChI is InChI=1S/C22H23BrN6O2S/c1-13-3-4-17-14(7-13)8-15(9-25-17)16-10-27-29-20(24)19(23)18(28-21(16)29)11-26-22(5-6-22)12-32(2,30)31/h3-4,7-10,26H,5-6,11-12,24H2,1-2H3. The highest BCUT2D eigenvalue weighted by Gasteiger charge is 2.44. The van der Waals surface area contributed by atoms with Gasteiger partial charge in [-0.3, -0.25) is 4.98 Å². The second-order valence-electron chi connectivity index (χ2n) is 8.68. The van der Waals surface area contributed by atoms with Gasteiger partial charge < -0.3 is 11.1 Å². The predicted octanol–water partition coefficient (Wildman–Crippen LogP) is 3.26. The maximum absolute atomic E-state index is 11.8. The Labute approximate surface area is 194 Å². The average molecular weight is 515 g/mol. The van der Waals surface area contributed by atoms with E-state index in [9.17, 15) is 8.42 Å². The van der Waals surface area contributed by atoms with Crippen molar-refractivity contribution in [1.82, 2.24) is 24.9 Å². The number of rotatable bonds is 6. The van der Waals surface area contributed by atoms with Gasteiger partial charge in [0.05, 0.1) is 27.6 Å². The molecule has 0 unspecified atom stereocenters. The minimum absolute atomic E-state index is 0.120. The number of aryl methyl sites for hydroxylation is 1. The van der Waals surface area contributed by atoms with E-state index >= 15 is 0 Å². The van der Waals surface area contributed by atoms with Crippen molar-refractivity contribution in [1.29, 1.82) is 0 Å². The number of hydrogen-bond donors (Lipinski definition) is 2. The molecule has 0 radical (unpaired) electrons. The molecular formula is C22H23BrN6O2S. The highest BCUT2D eigenvalue weighted by Crippen LogP contribution is 2.38. The van der Waals surface area contributed by atoms with Gasteiger partial charge in [-0.2, -0.15) is 9.61 Å². The molecule has 166 valence electrons. The van der Waals surface area contributed by atoms with E-state index in [4.69, 9.17) is 10.7 Å². The molecule has 0 atom stereocenters. The molecule has 32 heavy (non-hydrogen) atoms. The highest BCUT2D eigenvalue weighted by atomic mass is 79.9. The van der Waals surface area contributed by atoms with Crippen molar-refractivity contribution in [2.75, 3.05) is 17.7 Å². The molecule has 3 aromatic heterocycles. The van der Waals surface area contributed by atoms with E-state index in [0.29, 0.717) is 28.2 Å². The predicted molar refractivity (Wildman–Crippen MR) is 129 cm³/mol. The fraction of sp³-hybridized carbons (Fsp3) is 0.318. The van der Waals surface area contributed by atoms with Crippen LogP contribution in [0, 0.1) is 6.92 Å². The summed E-state index contributed by atoms with van der Waals surface area (Å²) in [5.74, 6) is 0.561. The Balaban J connectivity index is 1.53. The second-order valence-corrected chi connectivity index (χ2v) is 11.6. The first-order valence-corrected chi connectivity index (χ1v) is 13.1. The summed E-state index contributed by atoms with van der Waals surface area (Å²) >= 11 is 3.54. The quantitative estimate of drug-likeness (QED) is 0.405. The van der Waals surface area contributed by atoms with Gasteiger partial charge in [-0.15, -0.1) is 0 Å². The Morgan fingerprint density at radius 2 is 2.03 bits per heavy atom. The van der Waals surface area contributed by atoms with Gasteiger partial charge in [-0.05, 0) is 53.9 Å². The maximum atomic E-state index is 11.8. The van der Waals surface area contributed by atoms with Gasteiger partial charge in [0.2, 0.25) is 0 Å². The van der Waals surface area contributed by atoms with Gasteiger partial charge in [0.1, 0.15) is 15.7 Å². The molecule has 0 spiro atoms. The van der Waals surface area contributed by atoms with Crippen LogP contribution in [0.2, 0.25) is 0 Å². The zero-order chi connectivity index (χ0) is 22.7. The Bertz CT molecular complexity index is 1480.